The van der Waals surface area contributed by atoms with E-state index in [-0.39, 0.29) is 5.41 Å². The number of hydrogen-bond acceptors (Lipinski definition) is 3. The maximum absolute atomic E-state index is 12.4. The van der Waals surface area contributed by atoms with Gasteiger partial charge in [-0.15, -0.1) is 23.5 Å². The first kappa shape index (κ1) is 14.0. The lowest BCUT2D eigenvalue weighted by molar-refractivity contribution is -0.119. The third-order valence-electron chi connectivity index (χ3n) is 4.09. The molecule has 0 amide bonds. The predicted octanol–water partition coefficient (Wildman–Crippen LogP) is 4.43. The van der Waals surface area contributed by atoms with Gasteiger partial charge >= 0.3 is 0 Å². The third kappa shape index (κ3) is 2.35. The summed E-state index contributed by atoms with van der Waals surface area (Å²) in [4.78, 5) is 12.4. The number of hydrogen-bond donors (Lipinski definition) is 0. The van der Waals surface area contributed by atoms with Gasteiger partial charge in [-0.25, -0.2) is 0 Å². The number of carbonyl (C=O) groups excluding carboxylic acids is 1. The fourth-order valence-electron chi connectivity index (χ4n) is 3.05. The van der Waals surface area contributed by atoms with Gasteiger partial charge in [-0.3, -0.25) is 4.79 Å². The number of thioether (sulfide) groups is 2. The Labute approximate surface area is 118 Å². The fourth-order valence-corrected chi connectivity index (χ4v) is 4.60. The van der Waals surface area contributed by atoms with Crippen LogP contribution in [-0.2, 0) is 4.79 Å². The van der Waals surface area contributed by atoms with Gasteiger partial charge in [-0.2, -0.15) is 0 Å². The van der Waals surface area contributed by atoms with Gasteiger partial charge in [-0.05, 0) is 37.2 Å². The Balaban J connectivity index is 2.39. The van der Waals surface area contributed by atoms with Crippen molar-refractivity contribution in [2.45, 2.75) is 26.7 Å². The summed E-state index contributed by atoms with van der Waals surface area (Å²) in [5.74, 6) is 0.830. The Bertz CT molecular complexity index is 453. The van der Waals surface area contributed by atoms with Gasteiger partial charge in [0.2, 0.25) is 0 Å². The molecule has 1 fully saturated rings. The van der Waals surface area contributed by atoms with Gasteiger partial charge in [0, 0.05) is 16.2 Å². The van der Waals surface area contributed by atoms with Crippen LogP contribution in [-0.4, -0.2) is 18.3 Å². The molecule has 0 spiro atoms. The highest BCUT2D eigenvalue weighted by Crippen LogP contribution is 2.50. The van der Waals surface area contributed by atoms with Gasteiger partial charge in [0.15, 0.2) is 5.78 Å². The van der Waals surface area contributed by atoms with Crippen molar-refractivity contribution in [3.63, 3.8) is 0 Å². The SMILES string of the molecule is CSC(SC)=C1C[C@@H]2C(C)=CC=C[C@]2(C)CC1=O. The van der Waals surface area contributed by atoms with Crippen LogP contribution in [0.2, 0.25) is 0 Å². The van der Waals surface area contributed by atoms with Crippen LogP contribution >= 0.6 is 23.5 Å². The van der Waals surface area contributed by atoms with Crippen molar-refractivity contribution in [3.05, 3.63) is 33.6 Å². The summed E-state index contributed by atoms with van der Waals surface area (Å²) in [5, 5.41) is 0. The Morgan fingerprint density at radius 1 is 1.39 bits per heavy atom. The maximum Gasteiger partial charge on any atom is 0.161 e. The Morgan fingerprint density at radius 2 is 2.06 bits per heavy atom. The van der Waals surface area contributed by atoms with Crippen LogP contribution in [0, 0.1) is 11.3 Å². The maximum atomic E-state index is 12.4. The zero-order valence-electron chi connectivity index (χ0n) is 11.4. The fraction of sp³-hybridized carbons (Fsp3) is 0.533. The molecule has 1 saturated carbocycles. The van der Waals surface area contributed by atoms with Gasteiger partial charge < -0.3 is 0 Å². The summed E-state index contributed by atoms with van der Waals surface area (Å²) in [6, 6.07) is 0. The molecule has 0 N–H and O–H groups in total. The lowest BCUT2D eigenvalue weighted by Crippen LogP contribution is -2.36. The number of carbonyl (C=O) groups is 1. The van der Waals surface area contributed by atoms with Crippen molar-refractivity contribution >= 4 is 29.3 Å². The van der Waals surface area contributed by atoms with Gasteiger partial charge in [-0.1, -0.05) is 30.7 Å². The lowest BCUT2D eigenvalue weighted by Gasteiger charge is -2.42. The van der Waals surface area contributed by atoms with Crippen LogP contribution in [0.1, 0.15) is 26.7 Å². The standard InChI is InChI=1S/C15H20OS2/c1-10-6-5-7-15(2)9-13(16)11(8-12(10)15)14(17-3)18-4/h5-7,12H,8-9H2,1-4H3/t12-,15-/m1/s1. The largest absolute Gasteiger partial charge is 0.294 e. The molecule has 2 aliphatic carbocycles. The summed E-state index contributed by atoms with van der Waals surface area (Å²) in [7, 11) is 0. The smallest absolute Gasteiger partial charge is 0.161 e. The summed E-state index contributed by atoms with van der Waals surface area (Å²) in [6.45, 7) is 4.41. The van der Waals surface area contributed by atoms with E-state index in [1.54, 1.807) is 23.5 Å². The van der Waals surface area contributed by atoms with Crippen LogP contribution < -0.4 is 0 Å². The van der Waals surface area contributed by atoms with E-state index in [4.69, 9.17) is 0 Å². The van der Waals surface area contributed by atoms with Crippen LogP contribution in [0.3, 0.4) is 0 Å². The normalized spacial score (nSPS) is 31.1. The first-order chi connectivity index (χ1) is 8.51. The first-order valence-electron chi connectivity index (χ1n) is 6.22. The van der Waals surface area contributed by atoms with Gasteiger partial charge in [0.25, 0.3) is 0 Å². The third-order valence-corrected chi connectivity index (χ3v) is 6.32. The molecule has 2 atom stereocenters. The van der Waals surface area contributed by atoms with E-state index in [0.717, 1.165) is 12.0 Å². The minimum atomic E-state index is 0.0291. The van der Waals surface area contributed by atoms with Crippen molar-refractivity contribution in [1.82, 2.24) is 0 Å². The molecule has 0 heterocycles. The van der Waals surface area contributed by atoms with Crippen molar-refractivity contribution in [2.75, 3.05) is 12.5 Å². The van der Waals surface area contributed by atoms with E-state index in [1.165, 1.54) is 9.81 Å². The summed E-state index contributed by atoms with van der Waals surface area (Å²) in [6.07, 6.45) is 12.2. The van der Waals surface area contributed by atoms with Crippen LogP contribution in [0.4, 0.5) is 0 Å². The minimum absolute atomic E-state index is 0.0291. The van der Waals surface area contributed by atoms with Crippen molar-refractivity contribution < 1.29 is 4.79 Å². The second kappa shape index (κ2) is 5.30. The molecule has 98 valence electrons. The molecular weight excluding hydrogens is 260 g/mol. The Kier molecular flexibility index (Phi) is 4.12. The summed E-state index contributed by atoms with van der Waals surface area (Å²) in [5.41, 5.74) is 2.49. The molecule has 0 radical (unpaired) electrons. The topological polar surface area (TPSA) is 17.1 Å². The summed E-state index contributed by atoms with van der Waals surface area (Å²) >= 11 is 3.41. The Hall–Kier alpha value is -0.410. The average Bonchev–Trinajstić information content (AvgIpc) is 2.32. The zero-order valence-corrected chi connectivity index (χ0v) is 13.1. The number of ketones is 1. The Morgan fingerprint density at radius 3 is 2.67 bits per heavy atom. The minimum Gasteiger partial charge on any atom is -0.294 e. The van der Waals surface area contributed by atoms with E-state index in [9.17, 15) is 4.79 Å². The molecule has 0 saturated heterocycles. The molecule has 18 heavy (non-hydrogen) atoms. The number of Topliss-reactive ketones (excluding diaryl/α,β-unsaturated/α-hetero) is 1. The van der Waals surface area contributed by atoms with Gasteiger partial charge in [0.1, 0.15) is 0 Å². The molecule has 0 bridgehead atoms. The highest BCUT2D eigenvalue weighted by molar-refractivity contribution is 8.21. The van der Waals surface area contributed by atoms with E-state index in [2.05, 4.69) is 44.6 Å². The van der Waals surface area contributed by atoms with Crippen molar-refractivity contribution in [3.8, 4) is 0 Å². The van der Waals surface area contributed by atoms with Crippen molar-refractivity contribution in [2.24, 2.45) is 11.3 Å². The number of fused-ring (bicyclic) bond motifs is 1. The number of allylic oxidation sites excluding steroid dienone is 5. The molecule has 0 aromatic rings. The van der Waals surface area contributed by atoms with Gasteiger partial charge in [0.05, 0.1) is 0 Å². The summed E-state index contributed by atoms with van der Waals surface area (Å²) < 4.78 is 1.20. The molecule has 2 rings (SSSR count). The average molecular weight is 280 g/mol. The lowest BCUT2D eigenvalue weighted by atomic mass is 9.62. The molecule has 1 nitrogen and oxygen atoms in total. The van der Waals surface area contributed by atoms with Crippen molar-refractivity contribution in [1.29, 1.82) is 0 Å². The quantitative estimate of drug-likeness (QED) is 0.697. The zero-order chi connectivity index (χ0) is 13.3. The molecular formula is C15H20OS2. The van der Waals surface area contributed by atoms with E-state index in [1.807, 2.05) is 0 Å². The monoisotopic (exact) mass is 280 g/mol. The van der Waals surface area contributed by atoms with Crippen LogP contribution in [0.5, 0.6) is 0 Å². The predicted molar refractivity (Wildman–Crippen MR) is 82.8 cm³/mol. The highest BCUT2D eigenvalue weighted by Gasteiger charge is 2.42. The molecule has 0 aromatic carbocycles. The second-order valence-electron chi connectivity index (χ2n) is 5.31. The molecule has 0 unspecified atom stereocenters. The second-order valence-corrected chi connectivity index (χ2v) is 7.20. The van der Waals surface area contributed by atoms with Crippen LogP contribution in [0.15, 0.2) is 33.6 Å². The molecule has 2 aliphatic rings. The van der Waals surface area contributed by atoms with Crippen LogP contribution in [0.25, 0.3) is 0 Å². The van der Waals surface area contributed by atoms with E-state index < -0.39 is 0 Å². The number of rotatable bonds is 2. The first-order valence-corrected chi connectivity index (χ1v) is 8.67. The highest BCUT2D eigenvalue weighted by atomic mass is 32.2. The van der Waals surface area contributed by atoms with E-state index >= 15 is 0 Å². The molecule has 0 aromatic heterocycles. The van der Waals surface area contributed by atoms with E-state index in [0.29, 0.717) is 18.1 Å². The molecule has 0 aliphatic heterocycles. The molecule has 3 heteroatoms.